The van der Waals surface area contributed by atoms with Crippen LogP contribution in [-0.2, 0) is 30.4 Å². The molecule has 3 rings (SSSR count). The van der Waals surface area contributed by atoms with Gasteiger partial charge < -0.3 is 14.2 Å². The molecule has 0 spiro atoms. The van der Waals surface area contributed by atoms with E-state index in [1.165, 1.54) is 7.11 Å². The van der Waals surface area contributed by atoms with Gasteiger partial charge in [-0.2, -0.15) is 0 Å². The number of fused-ring (bicyclic) bond motifs is 1. The zero-order valence-corrected chi connectivity index (χ0v) is 12.0. The molecule has 0 radical (unpaired) electrons. The lowest BCUT2D eigenvalue weighted by Gasteiger charge is -2.25. The van der Waals surface area contributed by atoms with Crippen molar-refractivity contribution in [2.24, 2.45) is 0 Å². The number of likely N-dealkylation sites (tertiary alicyclic amines) is 1. The van der Waals surface area contributed by atoms with Gasteiger partial charge in [0.2, 0.25) is 0 Å². The molecule has 0 aliphatic carbocycles. The molecule has 2 aliphatic rings. The van der Waals surface area contributed by atoms with Gasteiger partial charge in [0.1, 0.15) is 12.7 Å². The molecule has 22 heavy (non-hydrogen) atoms. The van der Waals surface area contributed by atoms with E-state index >= 15 is 0 Å². The molecule has 0 bridgehead atoms. The van der Waals surface area contributed by atoms with Crippen LogP contribution in [-0.4, -0.2) is 48.2 Å². The number of nitrogens with zero attached hydrogens (tertiary/aromatic N) is 1. The van der Waals surface area contributed by atoms with Crippen LogP contribution in [0.25, 0.3) is 0 Å². The number of hydrogen-bond donors (Lipinski definition) is 0. The molecule has 2 fully saturated rings. The molecule has 7 heteroatoms. The summed E-state index contributed by atoms with van der Waals surface area (Å²) in [6.07, 6.45) is -0.931. The van der Waals surface area contributed by atoms with Gasteiger partial charge in [0, 0.05) is 6.54 Å². The lowest BCUT2D eigenvalue weighted by molar-refractivity contribution is -0.158. The first-order chi connectivity index (χ1) is 10.6. The molecule has 0 aromatic heterocycles. The van der Waals surface area contributed by atoms with Crippen molar-refractivity contribution in [1.29, 1.82) is 0 Å². The molecule has 2 atom stereocenters. The molecule has 0 N–H and O–H groups in total. The van der Waals surface area contributed by atoms with E-state index < -0.39 is 29.7 Å². The first-order valence-corrected chi connectivity index (χ1v) is 6.88. The fraction of sp³-hybridized carbons (Fsp3) is 0.400. The minimum absolute atomic E-state index is 0.0447. The van der Waals surface area contributed by atoms with Crippen LogP contribution in [0.5, 0.6) is 0 Å². The van der Waals surface area contributed by atoms with Gasteiger partial charge in [-0.25, -0.2) is 14.5 Å². The molecule has 1 aromatic carbocycles. The number of hydrogen-bond acceptors (Lipinski definition) is 6. The molecule has 2 saturated heterocycles. The van der Waals surface area contributed by atoms with Crippen molar-refractivity contribution in [2.45, 2.75) is 24.7 Å². The van der Waals surface area contributed by atoms with Crippen LogP contribution in [0.2, 0.25) is 0 Å². The number of esters is 1. The smallest absolute Gasteiger partial charge is 0.416 e. The maximum Gasteiger partial charge on any atom is 0.416 e. The van der Waals surface area contributed by atoms with Crippen molar-refractivity contribution in [3.05, 3.63) is 35.9 Å². The summed E-state index contributed by atoms with van der Waals surface area (Å²) in [5.74, 6) is -1.48. The Hall–Kier alpha value is -2.41. The molecule has 2 heterocycles. The van der Waals surface area contributed by atoms with E-state index in [0.717, 1.165) is 10.5 Å². The van der Waals surface area contributed by atoms with Crippen LogP contribution in [0.15, 0.2) is 30.3 Å². The summed E-state index contributed by atoms with van der Waals surface area (Å²) >= 11 is 0. The normalized spacial score (nSPS) is 26.1. The average molecular weight is 305 g/mol. The number of imide groups is 1. The first kappa shape index (κ1) is 14.5. The number of carbonyl (C=O) groups excluding carboxylic acids is 3. The lowest BCUT2D eigenvalue weighted by Crippen LogP contribution is -2.54. The van der Waals surface area contributed by atoms with Crippen molar-refractivity contribution in [3.63, 3.8) is 0 Å². The Morgan fingerprint density at radius 1 is 1.36 bits per heavy atom. The summed E-state index contributed by atoms with van der Waals surface area (Å²) in [7, 11) is 1.18. The predicted molar refractivity (Wildman–Crippen MR) is 72.6 cm³/mol. The van der Waals surface area contributed by atoms with Gasteiger partial charge in [-0.05, 0) is 12.0 Å². The molecule has 1 aromatic rings. The van der Waals surface area contributed by atoms with E-state index in [2.05, 4.69) is 4.74 Å². The fourth-order valence-electron chi connectivity index (χ4n) is 2.57. The molecule has 2 unspecified atom stereocenters. The van der Waals surface area contributed by atoms with Crippen molar-refractivity contribution >= 4 is 18.0 Å². The number of amides is 2. The van der Waals surface area contributed by atoms with Crippen molar-refractivity contribution in [3.8, 4) is 0 Å². The molecular weight excluding hydrogens is 290 g/mol. The maximum atomic E-state index is 12.3. The van der Waals surface area contributed by atoms with Crippen molar-refractivity contribution < 1.29 is 28.6 Å². The van der Waals surface area contributed by atoms with Crippen LogP contribution < -0.4 is 0 Å². The largest absolute Gasteiger partial charge is 0.458 e. The summed E-state index contributed by atoms with van der Waals surface area (Å²) in [5.41, 5.74) is -0.876. The highest BCUT2D eigenvalue weighted by atomic mass is 16.7. The molecule has 0 saturated carbocycles. The minimum atomic E-state index is -1.68. The van der Waals surface area contributed by atoms with E-state index in [0.29, 0.717) is 6.42 Å². The number of rotatable bonds is 3. The van der Waals surface area contributed by atoms with E-state index in [1.807, 2.05) is 18.2 Å². The van der Waals surface area contributed by atoms with Gasteiger partial charge in [-0.3, -0.25) is 4.79 Å². The molecule has 7 nitrogen and oxygen atoms in total. The number of piperidine rings is 1. The maximum absolute atomic E-state index is 12.3. The summed E-state index contributed by atoms with van der Waals surface area (Å²) in [5, 5.41) is 0. The van der Waals surface area contributed by atoms with Crippen LogP contribution in [0.4, 0.5) is 4.79 Å². The monoisotopic (exact) mass is 305 g/mol. The zero-order valence-electron chi connectivity index (χ0n) is 12.0. The number of benzene rings is 1. The number of ether oxygens (including phenoxy) is 3. The second kappa shape index (κ2) is 5.42. The number of methoxy groups -OCH3 is 1. The quantitative estimate of drug-likeness (QED) is 0.468. The van der Waals surface area contributed by atoms with Gasteiger partial charge in [0.25, 0.3) is 11.5 Å². The lowest BCUT2D eigenvalue weighted by atomic mass is 9.97. The third kappa shape index (κ3) is 2.23. The third-order valence-corrected chi connectivity index (χ3v) is 3.81. The van der Waals surface area contributed by atoms with Gasteiger partial charge in [-0.15, -0.1) is 0 Å². The third-order valence-electron chi connectivity index (χ3n) is 3.81. The predicted octanol–water partition coefficient (Wildman–Crippen LogP) is 0.866. The fourth-order valence-corrected chi connectivity index (χ4v) is 2.57. The van der Waals surface area contributed by atoms with Gasteiger partial charge in [0.05, 0.1) is 7.11 Å². The average Bonchev–Trinajstić information content (AvgIpc) is 3.30. The first-order valence-electron chi connectivity index (χ1n) is 6.88. The summed E-state index contributed by atoms with van der Waals surface area (Å²) in [4.78, 5) is 37.0. The highest BCUT2D eigenvalue weighted by Crippen LogP contribution is 2.45. The molecular formula is C15H15NO6. The second-order valence-corrected chi connectivity index (χ2v) is 5.12. The summed E-state index contributed by atoms with van der Waals surface area (Å²) < 4.78 is 15.0. The van der Waals surface area contributed by atoms with Crippen LogP contribution >= 0.6 is 0 Å². The standard InChI is InChI=1S/C15H15NO6/c1-20-14(19)16-8-7-11-15(22-11,12(16)17)13(18)21-9-10-5-3-2-4-6-10/h2-6,11H,7-9H2,1H3. The highest BCUT2D eigenvalue weighted by molar-refractivity contribution is 6.14. The van der Waals surface area contributed by atoms with Crippen LogP contribution in [0, 0.1) is 0 Å². The molecule has 116 valence electrons. The van der Waals surface area contributed by atoms with Crippen LogP contribution in [0.3, 0.4) is 0 Å². The van der Waals surface area contributed by atoms with Crippen molar-refractivity contribution in [2.75, 3.05) is 13.7 Å². The summed E-state index contributed by atoms with van der Waals surface area (Å²) in [6, 6.07) is 9.10. The Labute approximate surface area is 126 Å². The number of epoxide rings is 1. The van der Waals surface area contributed by atoms with E-state index in [9.17, 15) is 14.4 Å². The van der Waals surface area contributed by atoms with Gasteiger partial charge in [-0.1, -0.05) is 30.3 Å². The Balaban J connectivity index is 1.69. The van der Waals surface area contributed by atoms with E-state index in [-0.39, 0.29) is 13.2 Å². The van der Waals surface area contributed by atoms with Crippen molar-refractivity contribution in [1.82, 2.24) is 4.90 Å². The topological polar surface area (TPSA) is 85.4 Å². The van der Waals surface area contributed by atoms with Crippen LogP contribution in [0.1, 0.15) is 12.0 Å². The second-order valence-electron chi connectivity index (χ2n) is 5.12. The summed E-state index contributed by atoms with van der Waals surface area (Å²) in [6.45, 7) is 0.215. The van der Waals surface area contributed by atoms with Gasteiger partial charge in [0.15, 0.2) is 0 Å². The Morgan fingerprint density at radius 3 is 2.77 bits per heavy atom. The Morgan fingerprint density at radius 2 is 2.09 bits per heavy atom. The minimum Gasteiger partial charge on any atom is -0.458 e. The molecule has 2 amide bonds. The zero-order chi connectivity index (χ0) is 15.7. The Kier molecular flexibility index (Phi) is 3.58. The number of carbonyl (C=O) groups is 3. The SMILES string of the molecule is COC(=O)N1CCC2OC2(C(=O)OCc2ccccc2)C1=O. The van der Waals surface area contributed by atoms with Gasteiger partial charge >= 0.3 is 12.1 Å². The van der Waals surface area contributed by atoms with E-state index in [1.54, 1.807) is 12.1 Å². The van der Waals surface area contributed by atoms with E-state index in [4.69, 9.17) is 9.47 Å². The Bertz CT molecular complexity index is 616. The highest BCUT2D eigenvalue weighted by Gasteiger charge is 2.73. The molecule has 2 aliphatic heterocycles.